The zero-order chi connectivity index (χ0) is 22.7. The highest BCUT2D eigenvalue weighted by Gasteiger charge is 2.24. The van der Waals surface area contributed by atoms with Crippen LogP contribution in [0.5, 0.6) is 0 Å². The second kappa shape index (κ2) is 9.48. The van der Waals surface area contributed by atoms with E-state index in [2.05, 4.69) is 25.8 Å². The number of nitrogens with zero attached hydrogens (tertiary/aromatic N) is 2. The van der Waals surface area contributed by atoms with Crippen molar-refractivity contribution in [3.05, 3.63) is 42.4 Å². The van der Waals surface area contributed by atoms with Crippen LogP contribution >= 0.6 is 10.6 Å². The van der Waals surface area contributed by atoms with Crippen LogP contribution in [0.4, 0.5) is 5.69 Å². The van der Waals surface area contributed by atoms with Crippen molar-refractivity contribution >= 4 is 33.1 Å². The van der Waals surface area contributed by atoms with E-state index in [0.717, 1.165) is 47.0 Å². The number of nitrogens with one attached hydrogen (secondary N) is 3. The number of hydrogen-bond donors (Lipinski definition) is 5. The van der Waals surface area contributed by atoms with Gasteiger partial charge in [-0.05, 0) is 56.7 Å². The van der Waals surface area contributed by atoms with E-state index < -0.39 is 10.6 Å². The molecule has 0 aliphatic carbocycles. The number of aromatic nitrogens is 3. The standard InChI is InChI=1S/C23H31N5O3S/c1-15(2)28-22-19-11-17(18-12-26-27-13-18)3-4-21(19)25-14-20(22)23(29)24-8-5-16-6-9-32(30,31)10-7-16/h3-4,11-16,30-31H,5-10H2,1-2H3,(H,24,29)(H,25,28)(H,26,27). The van der Waals surface area contributed by atoms with Gasteiger partial charge in [0.15, 0.2) is 0 Å². The maximum atomic E-state index is 13.1. The lowest BCUT2D eigenvalue weighted by Gasteiger charge is -2.39. The Balaban J connectivity index is 1.53. The number of anilines is 1. The van der Waals surface area contributed by atoms with E-state index in [4.69, 9.17) is 0 Å². The smallest absolute Gasteiger partial charge is 0.254 e. The number of benzene rings is 1. The van der Waals surface area contributed by atoms with Crippen molar-refractivity contribution in [2.45, 2.75) is 39.2 Å². The number of rotatable bonds is 7. The number of aromatic amines is 1. The molecule has 0 bridgehead atoms. The molecule has 1 fully saturated rings. The Morgan fingerprint density at radius 2 is 2.00 bits per heavy atom. The van der Waals surface area contributed by atoms with E-state index in [1.54, 1.807) is 12.4 Å². The number of fused-ring (bicyclic) bond motifs is 1. The lowest BCUT2D eigenvalue weighted by molar-refractivity contribution is 0.0951. The highest BCUT2D eigenvalue weighted by atomic mass is 32.3. The molecule has 3 heterocycles. The van der Waals surface area contributed by atoms with E-state index in [9.17, 15) is 13.9 Å². The molecule has 1 aromatic carbocycles. The largest absolute Gasteiger partial charge is 0.382 e. The van der Waals surface area contributed by atoms with Crippen molar-refractivity contribution in [2.75, 3.05) is 23.4 Å². The zero-order valence-corrected chi connectivity index (χ0v) is 19.3. The van der Waals surface area contributed by atoms with Crippen LogP contribution < -0.4 is 10.6 Å². The van der Waals surface area contributed by atoms with Crippen molar-refractivity contribution in [1.82, 2.24) is 20.5 Å². The monoisotopic (exact) mass is 457 g/mol. The molecular formula is C23H31N5O3S. The van der Waals surface area contributed by atoms with E-state index in [-0.39, 0.29) is 11.9 Å². The third-order valence-electron chi connectivity index (χ3n) is 5.92. The minimum Gasteiger partial charge on any atom is -0.382 e. The van der Waals surface area contributed by atoms with Crippen molar-refractivity contribution in [1.29, 1.82) is 0 Å². The summed E-state index contributed by atoms with van der Waals surface area (Å²) in [6.45, 7) is 4.64. The molecule has 4 rings (SSSR count). The van der Waals surface area contributed by atoms with Gasteiger partial charge in [-0.1, -0.05) is 6.07 Å². The van der Waals surface area contributed by atoms with Crippen LogP contribution in [0.1, 0.15) is 43.5 Å². The van der Waals surface area contributed by atoms with Crippen molar-refractivity contribution in [3.8, 4) is 11.1 Å². The van der Waals surface area contributed by atoms with Gasteiger partial charge in [0.25, 0.3) is 5.91 Å². The summed E-state index contributed by atoms with van der Waals surface area (Å²) >= 11 is 0. The van der Waals surface area contributed by atoms with Crippen molar-refractivity contribution < 1.29 is 13.9 Å². The zero-order valence-electron chi connectivity index (χ0n) is 18.5. The Hall–Kier alpha value is -2.62. The van der Waals surface area contributed by atoms with Gasteiger partial charge in [-0.15, -0.1) is 0 Å². The molecule has 5 N–H and O–H groups in total. The lowest BCUT2D eigenvalue weighted by Crippen LogP contribution is -2.29. The van der Waals surface area contributed by atoms with E-state index in [0.29, 0.717) is 29.5 Å². The van der Waals surface area contributed by atoms with Crippen LogP contribution in [0.2, 0.25) is 0 Å². The molecule has 2 aromatic heterocycles. The van der Waals surface area contributed by atoms with Crippen molar-refractivity contribution in [3.63, 3.8) is 0 Å². The minimum absolute atomic E-state index is 0.145. The normalized spacial score (nSPS) is 17.4. The van der Waals surface area contributed by atoms with Crippen LogP contribution in [-0.4, -0.2) is 54.3 Å². The van der Waals surface area contributed by atoms with Gasteiger partial charge >= 0.3 is 0 Å². The molecule has 1 saturated heterocycles. The fourth-order valence-electron chi connectivity index (χ4n) is 4.13. The van der Waals surface area contributed by atoms with Crippen LogP contribution in [-0.2, 0) is 0 Å². The average molecular weight is 458 g/mol. The Kier molecular flexibility index (Phi) is 6.68. The van der Waals surface area contributed by atoms with Crippen LogP contribution in [0.25, 0.3) is 22.0 Å². The average Bonchev–Trinajstić information content (AvgIpc) is 3.29. The molecule has 0 spiro atoms. The van der Waals surface area contributed by atoms with E-state index in [1.807, 2.05) is 38.2 Å². The van der Waals surface area contributed by atoms with Gasteiger partial charge in [-0.3, -0.25) is 24.0 Å². The molecule has 3 aromatic rings. The molecule has 1 aliphatic rings. The summed E-state index contributed by atoms with van der Waals surface area (Å²) < 4.78 is 19.5. The molecule has 1 amide bonds. The first-order valence-corrected chi connectivity index (χ1v) is 12.9. The second-order valence-electron chi connectivity index (χ2n) is 8.76. The maximum Gasteiger partial charge on any atom is 0.254 e. The summed E-state index contributed by atoms with van der Waals surface area (Å²) in [6, 6.07) is 6.14. The number of hydrogen-bond acceptors (Lipinski definition) is 6. The fraction of sp³-hybridized carbons (Fsp3) is 0.435. The summed E-state index contributed by atoms with van der Waals surface area (Å²) in [5.74, 6) is 1.20. The van der Waals surface area contributed by atoms with Gasteiger partial charge < -0.3 is 10.6 Å². The molecule has 0 unspecified atom stereocenters. The van der Waals surface area contributed by atoms with Gasteiger partial charge in [0, 0.05) is 47.4 Å². The third kappa shape index (κ3) is 5.23. The van der Waals surface area contributed by atoms with Gasteiger partial charge in [0.1, 0.15) is 0 Å². The number of H-pyrrole nitrogens is 1. The molecule has 0 atom stereocenters. The molecule has 8 nitrogen and oxygen atoms in total. The quantitative estimate of drug-likeness (QED) is 0.350. The maximum absolute atomic E-state index is 13.1. The summed E-state index contributed by atoms with van der Waals surface area (Å²) in [7, 11) is -2.37. The highest BCUT2D eigenvalue weighted by Crippen LogP contribution is 2.46. The SMILES string of the molecule is CC(C)Nc1c(C(=O)NCCC2CCS(O)(O)CC2)cnc2ccc(-c3cn[nH]c3)cc12. The Bertz CT molecular complexity index is 1070. The molecule has 0 saturated carbocycles. The van der Waals surface area contributed by atoms with E-state index in [1.165, 1.54) is 0 Å². The molecule has 0 radical (unpaired) electrons. The molecule has 32 heavy (non-hydrogen) atoms. The topological polar surface area (TPSA) is 123 Å². The summed E-state index contributed by atoms with van der Waals surface area (Å²) in [5.41, 5.74) is 4.09. The minimum atomic E-state index is -2.37. The lowest BCUT2D eigenvalue weighted by atomic mass is 9.99. The van der Waals surface area contributed by atoms with Gasteiger partial charge in [-0.2, -0.15) is 15.7 Å². The number of carbonyl (C=O) groups excluding carboxylic acids is 1. The van der Waals surface area contributed by atoms with Crippen LogP contribution in [0.3, 0.4) is 0 Å². The van der Waals surface area contributed by atoms with Crippen LogP contribution in [0, 0.1) is 5.92 Å². The van der Waals surface area contributed by atoms with E-state index >= 15 is 0 Å². The number of carbonyl (C=O) groups is 1. The highest BCUT2D eigenvalue weighted by molar-refractivity contribution is 8.24. The first kappa shape index (κ1) is 22.6. The predicted molar refractivity (Wildman–Crippen MR) is 130 cm³/mol. The molecule has 172 valence electrons. The Labute approximate surface area is 189 Å². The fourth-order valence-corrected chi connectivity index (χ4v) is 5.75. The summed E-state index contributed by atoms with van der Waals surface area (Å²) in [6.07, 6.45) is 7.67. The first-order valence-electron chi connectivity index (χ1n) is 11.0. The Morgan fingerprint density at radius 1 is 1.22 bits per heavy atom. The van der Waals surface area contributed by atoms with Gasteiger partial charge in [0.05, 0.1) is 23.0 Å². The molecule has 1 aliphatic heterocycles. The van der Waals surface area contributed by atoms with Crippen LogP contribution in [0.15, 0.2) is 36.8 Å². The first-order chi connectivity index (χ1) is 15.3. The molecule has 9 heteroatoms. The summed E-state index contributed by atoms with van der Waals surface area (Å²) in [4.78, 5) is 17.6. The van der Waals surface area contributed by atoms with Crippen molar-refractivity contribution in [2.24, 2.45) is 5.92 Å². The third-order valence-corrected chi connectivity index (χ3v) is 7.70. The number of pyridine rings is 1. The number of amides is 1. The predicted octanol–water partition coefficient (Wildman–Crippen LogP) is 4.73. The Morgan fingerprint density at radius 3 is 2.69 bits per heavy atom. The summed E-state index contributed by atoms with van der Waals surface area (Å²) in [5, 5.41) is 14.2. The second-order valence-corrected chi connectivity index (χ2v) is 11.2. The van der Waals surface area contributed by atoms with Gasteiger partial charge in [0.2, 0.25) is 0 Å². The van der Waals surface area contributed by atoms with Gasteiger partial charge in [-0.25, -0.2) is 0 Å². The molecular weight excluding hydrogens is 426 g/mol.